The summed E-state index contributed by atoms with van der Waals surface area (Å²) in [7, 11) is 0. The van der Waals surface area contributed by atoms with Crippen LogP contribution in [0.3, 0.4) is 0 Å². The van der Waals surface area contributed by atoms with Gasteiger partial charge in [0.2, 0.25) is 5.91 Å². The molecule has 0 aliphatic rings. The fourth-order valence-corrected chi connectivity index (χ4v) is 4.03. The lowest BCUT2D eigenvalue weighted by Gasteiger charge is -2.15. The van der Waals surface area contributed by atoms with E-state index >= 15 is 0 Å². The Morgan fingerprint density at radius 3 is 2.41 bits per heavy atom. The number of hydrogen-bond donors (Lipinski definition) is 2. The lowest BCUT2D eigenvalue weighted by Crippen LogP contribution is -2.26. The van der Waals surface area contributed by atoms with Crippen molar-refractivity contribution in [3.8, 4) is 11.8 Å². The second-order valence-electron chi connectivity index (χ2n) is 7.42. The molecule has 0 saturated carbocycles. The van der Waals surface area contributed by atoms with E-state index in [0.717, 1.165) is 16.6 Å². The number of aliphatic carboxylic acids is 1. The number of nitriles is 1. The monoisotopic (exact) mass is 427 g/mol. The van der Waals surface area contributed by atoms with Gasteiger partial charge in [-0.05, 0) is 42.3 Å². The van der Waals surface area contributed by atoms with E-state index in [-0.39, 0.29) is 6.42 Å². The molecule has 4 aromatic rings. The van der Waals surface area contributed by atoms with Gasteiger partial charge in [-0.25, -0.2) is 4.79 Å². The summed E-state index contributed by atoms with van der Waals surface area (Å²) in [6, 6.07) is 20.1. The summed E-state index contributed by atoms with van der Waals surface area (Å²) in [6.45, 7) is 2.11. The van der Waals surface area contributed by atoms with Crippen molar-refractivity contribution in [3.63, 3.8) is 0 Å². The van der Waals surface area contributed by atoms with Crippen molar-refractivity contribution < 1.29 is 19.4 Å². The molecule has 4 rings (SSSR count). The zero-order valence-corrected chi connectivity index (χ0v) is 17.4. The molecule has 0 aliphatic carbocycles. The summed E-state index contributed by atoms with van der Waals surface area (Å²) >= 11 is 0. The number of fused-ring (bicyclic) bond motifs is 3. The topological polar surface area (TPSA) is 118 Å². The molecule has 0 radical (unpaired) electrons. The van der Waals surface area contributed by atoms with Gasteiger partial charge in [-0.2, -0.15) is 5.26 Å². The van der Waals surface area contributed by atoms with E-state index in [9.17, 15) is 20.0 Å². The first-order valence-electron chi connectivity index (χ1n) is 10.2. The van der Waals surface area contributed by atoms with E-state index in [0.29, 0.717) is 34.2 Å². The van der Waals surface area contributed by atoms with E-state index < -0.39 is 18.0 Å². The van der Waals surface area contributed by atoms with Crippen LogP contribution in [0.5, 0.6) is 5.75 Å². The summed E-state index contributed by atoms with van der Waals surface area (Å²) in [5.74, 6) is -1.29. The Hall–Kier alpha value is -4.31. The number of carboxylic acid groups (broad SMARTS) is 1. The Morgan fingerprint density at radius 1 is 1.06 bits per heavy atom. The summed E-state index contributed by atoms with van der Waals surface area (Å²) in [6.07, 6.45) is -0.748. The van der Waals surface area contributed by atoms with E-state index in [1.165, 1.54) is 0 Å². The van der Waals surface area contributed by atoms with Crippen LogP contribution in [0.25, 0.3) is 21.8 Å². The van der Waals surface area contributed by atoms with Gasteiger partial charge in [0.25, 0.3) is 0 Å². The molecule has 3 N–H and O–H groups in total. The molecule has 0 aliphatic heterocycles. The van der Waals surface area contributed by atoms with E-state index in [4.69, 9.17) is 10.5 Å². The highest BCUT2D eigenvalue weighted by atomic mass is 16.5. The van der Waals surface area contributed by atoms with Gasteiger partial charge in [-0.1, -0.05) is 37.3 Å². The number of benzene rings is 3. The number of carbonyl (C=O) groups is 2. The normalized spacial score (nSPS) is 11.9. The molecule has 7 heteroatoms. The van der Waals surface area contributed by atoms with Gasteiger partial charge in [0.1, 0.15) is 5.75 Å². The van der Waals surface area contributed by atoms with Crippen molar-refractivity contribution in [2.75, 3.05) is 0 Å². The number of nitrogens with two attached hydrogens (primary N) is 1. The predicted molar refractivity (Wildman–Crippen MR) is 121 cm³/mol. The van der Waals surface area contributed by atoms with Gasteiger partial charge in [0, 0.05) is 17.5 Å². The lowest BCUT2D eigenvalue weighted by molar-refractivity contribution is -0.145. The van der Waals surface area contributed by atoms with E-state index in [1.807, 2.05) is 34.9 Å². The van der Waals surface area contributed by atoms with Crippen molar-refractivity contribution in [1.82, 2.24) is 4.57 Å². The lowest BCUT2D eigenvalue weighted by atomic mass is 10.1. The smallest absolute Gasteiger partial charge is 0.344 e. The zero-order chi connectivity index (χ0) is 22.8. The third-order valence-corrected chi connectivity index (χ3v) is 5.53. The zero-order valence-electron chi connectivity index (χ0n) is 17.4. The van der Waals surface area contributed by atoms with Crippen LogP contribution < -0.4 is 10.5 Å². The Kier molecular flexibility index (Phi) is 5.52. The Bertz CT molecular complexity index is 1400. The molecule has 0 bridgehead atoms. The quantitative estimate of drug-likeness (QED) is 0.461. The largest absolute Gasteiger partial charge is 0.479 e. The van der Waals surface area contributed by atoms with Crippen LogP contribution >= 0.6 is 0 Å². The minimum absolute atomic E-state index is 0.280. The molecular formula is C25H21N3O4. The molecule has 1 atom stereocenters. The maximum atomic E-state index is 12.3. The molecule has 0 spiro atoms. The number of amides is 1. The second kappa shape index (κ2) is 8.44. The molecule has 1 unspecified atom stereocenters. The molecule has 1 heterocycles. The van der Waals surface area contributed by atoms with E-state index in [2.05, 4.69) is 6.07 Å². The van der Waals surface area contributed by atoms with Gasteiger partial charge < -0.3 is 20.1 Å². The van der Waals surface area contributed by atoms with Gasteiger partial charge in [0.05, 0.1) is 28.1 Å². The SMILES string of the molecule is CCC(Oc1cccc2c1c1c(C(N)=O)cccc1n2Cc1ccccc1C#N)C(=O)O. The molecule has 3 aromatic carbocycles. The van der Waals surface area contributed by atoms with Gasteiger partial charge in [0.15, 0.2) is 6.10 Å². The molecule has 1 amide bonds. The molecule has 0 fully saturated rings. The molecule has 0 saturated heterocycles. The van der Waals surface area contributed by atoms with Crippen LogP contribution in [0.4, 0.5) is 0 Å². The van der Waals surface area contributed by atoms with Crippen molar-refractivity contribution in [1.29, 1.82) is 5.26 Å². The minimum atomic E-state index is -1.06. The number of rotatable bonds is 7. The first-order valence-corrected chi connectivity index (χ1v) is 10.2. The van der Waals surface area contributed by atoms with Gasteiger partial charge in [-0.3, -0.25) is 4.79 Å². The number of primary amides is 1. The van der Waals surface area contributed by atoms with Gasteiger partial charge in [-0.15, -0.1) is 0 Å². The number of ether oxygens (including phenoxy) is 1. The maximum absolute atomic E-state index is 12.3. The van der Waals surface area contributed by atoms with Crippen LogP contribution in [-0.4, -0.2) is 27.7 Å². The number of carbonyl (C=O) groups excluding carboxylic acids is 1. The first-order chi connectivity index (χ1) is 15.5. The fraction of sp³-hybridized carbons (Fsp3) is 0.160. The number of hydrogen-bond acceptors (Lipinski definition) is 4. The highest BCUT2D eigenvalue weighted by Crippen LogP contribution is 2.38. The van der Waals surface area contributed by atoms with Crippen LogP contribution in [0.1, 0.15) is 34.8 Å². The van der Waals surface area contributed by atoms with Crippen LogP contribution in [0.2, 0.25) is 0 Å². The Morgan fingerprint density at radius 2 is 1.75 bits per heavy atom. The first kappa shape index (κ1) is 20.9. The van der Waals surface area contributed by atoms with Crippen LogP contribution in [0, 0.1) is 11.3 Å². The highest BCUT2D eigenvalue weighted by Gasteiger charge is 2.23. The number of aromatic nitrogens is 1. The molecule has 32 heavy (non-hydrogen) atoms. The summed E-state index contributed by atoms with van der Waals surface area (Å²) in [5.41, 5.74) is 8.86. The summed E-state index contributed by atoms with van der Waals surface area (Å²) in [4.78, 5) is 23.9. The van der Waals surface area contributed by atoms with Crippen molar-refractivity contribution in [3.05, 3.63) is 77.4 Å². The number of nitrogens with zero attached hydrogens (tertiary/aromatic N) is 2. The van der Waals surface area contributed by atoms with Crippen LogP contribution in [-0.2, 0) is 11.3 Å². The average Bonchev–Trinajstić information content (AvgIpc) is 3.12. The molecule has 7 nitrogen and oxygen atoms in total. The average molecular weight is 427 g/mol. The van der Waals surface area contributed by atoms with Crippen molar-refractivity contribution in [2.24, 2.45) is 5.73 Å². The Labute approximate surface area is 184 Å². The standard InChI is InChI=1S/C25H21N3O4/c1-2-20(25(30)31)32-21-12-6-11-19-23(21)22-17(24(27)29)9-5-10-18(22)28(19)14-16-8-4-3-7-15(16)13-26/h3-12,20H,2,14H2,1H3,(H2,27,29)(H,30,31). The van der Waals surface area contributed by atoms with Gasteiger partial charge >= 0.3 is 5.97 Å². The van der Waals surface area contributed by atoms with E-state index in [1.54, 1.807) is 37.3 Å². The summed E-state index contributed by atoms with van der Waals surface area (Å²) < 4.78 is 7.86. The molecule has 160 valence electrons. The maximum Gasteiger partial charge on any atom is 0.344 e. The second-order valence-corrected chi connectivity index (χ2v) is 7.42. The number of carboxylic acids is 1. The van der Waals surface area contributed by atoms with Crippen LogP contribution in [0.15, 0.2) is 60.7 Å². The Balaban J connectivity index is 2.04. The summed E-state index contributed by atoms with van der Waals surface area (Å²) in [5, 5.41) is 20.2. The van der Waals surface area contributed by atoms with Crippen molar-refractivity contribution >= 4 is 33.7 Å². The minimum Gasteiger partial charge on any atom is -0.479 e. The fourth-order valence-electron chi connectivity index (χ4n) is 4.03. The molecule has 1 aromatic heterocycles. The third-order valence-electron chi connectivity index (χ3n) is 5.53. The molecular weight excluding hydrogens is 406 g/mol. The predicted octanol–water partition coefficient (Wildman–Crippen LogP) is 4.06. The third kappa shape index (κ3) is 3.52. The van der Waals surface area contributed by atoms with Crippen molar-refractivity contribution in [2.45, 2.75) is 26.0 Å². The highest BCUT2D eigenvalue weighted by molar-refractivity contribution is 6.19.